The van der Waals surface area contributed by atoms with E-state index in [2.05, 4.69) is 24.1 Å². The summed E-state index contributed by atoms with van der Waals surface area (Å²) in [5.74, 6) is -0.782. The van der Waals surface area contributed by atoms with Crippen molar-refractivity contribution in [2.45, 2.75) is 58.8 Å². The zero-order valence-corrected chi connectivity index (χ0v) is 13.5. The first-order valence-electron chi connectivity index (χ1n) is 8.22. The van der Waals surface area contributed by atoms with Gasteiger partial charge in [-0.1, -0.05) is 26.7 Å². The van der Waals surface area contributed by atoms with E-state index < -0.39 is 5.97 Å². The molecule has 0 aromatic heterocycles. The van der Waals surface area contributed by atoms with E-state index in [1.807, 2.05) is 0 Å². The Bertz CT molecular complexity index is 338. The highest BCUT2D eigenvalue weighted by Crippen LogP contribution is 2.43. The molecule has 0 bridgehead atoms. The minimum atomic E-state index is -0.787. The van der Waals surface area contributed by atoms with Crippen molar-refractivity contribution in [3.05, 3.63) is 0 Å². The molecule has 0 aliphatic heterocycles. The van der Waals surface area contributed by atoms with Gasteiger partial charge in [-0.05, 0) is 37.8 Å². The molecule has 1 aliphatic rings. The maximum Gasteiger partial charge on any atom is 0.303 e. The maximum absolute atomic E-state index is 12.1. The van der Waals surface area contributed by atoms with Gasteiger partial charge in [0.1, 0.15) is 0 Å². The second-order valence-corrected chi connectivity index (χ2v) is 6.24. The van der Waals surface area contributed by atoms with Crippen LogP contribution in [-0.2, 0) is 9.59 Å². The number of carbonyl (C=O) groups is 2. The molecule has 0 atom stereocenters. The monoisotopic (exact) mass is 298 g/mol. The topological polar surface area (TPSA) is 69.6 Å². The molecule has 5 heteroatoms. The van der Waals surface area contributed by atoms with Gasteiger partial charge >= 0.3 is 5.97 Å². The fourth-order valence-electron chi connectivity index (χ4n) is 3.36. The predicted molar refractivity (Wildman–Crippen MR) is 83.2 cm³/mol. The van der Waals surface area contributed by atoms with E-state index in [1.54, 1.807) is 0 Å². The highest BCUT2D eigenvalue weighted by atomic mass is 16.4. The normalized spacial score (nSPS) is 17.1. The molecule has 1 rings (SSSR count). The number of hydrogen-bond acceptors (Lipinski definition) is 3. The number of carbonyl (C=O) groups excluding carboxylic acids is 1. The Hall–Kier alpha value is -1.10. The molecule has 1 fully saturated rings. The molecule has 0 saturated heterocycles. The first kappa shape index (κ1) is 18.0. The summed E-state index contributed by atoms with van der Waals surface area (Å²) >= 11 is 0. The van der Waals surface area contributed by atoms with Crippen LogP contribution in [0.3, 0.4) is 0 Å². The average molecular weight is 298 g/mol. The van der Waals surface area contributed by atoms with Crippen LogP contribution in [-0.4, -0.2) is 48.1 Å². The van der Waals surface area contributed by atoms with Crippen molar-refractivity contribution in [1.82, 2.24) is 10.2 Å². The summed E-state index contributed by atoms with van der Waals surface area (Å²) in [5, 5.41) is 12.0. The Labute approximate surface area is 128 Å². The molecule has 122 valence electrons. The van der Waals surface area contributed by atoms with E-state index in [1.165, 1.54) is 0 Å². The summed E-state index contributed by atoms with van der Waals surface area (Å²) < 4.78 is 0. The molecule has 0 unspecified atom stereocenters. The van der Waals surface area contributed by atoms with Gasteiger partial charge in [0, 0.05) is 19.5 Å². The third kappa shape index (κ3) is 6.46. The standard InChI is InChI=1S/C16H30N2O3/c1-3-10-18(4-2)11-9-17-14(19)12-16(13-15(20)21)7-5-6-8-16/h3-13H2,1-2H3,(H,17,19)(H,20,21). The van der Waals surface area contributed by atoms with Crippen molar-refractivity contribution in [2.75, 3.05) is 26.2 Å². The Kier molecular flexibility index (Phi) is 7.72. The van der Waals surface area contributed by atoms with Crippen LogP contribution >= 0.6 is 0 Å². The molecule has 0 radical (unpaired) electrons. The van der Waals surface area contributed by atoms with Crippen LogP contribution in [0.15, 0.2) is 0 Å². The Morgan fingerprint density at radius 3 is 2.33 bits per heavy atom. The quantitative estimate of drug-likeness (QED) is 0.649. The number of nitrogens with zero attached hydrogens (tertiary/aromatic N) is 1. The number of carboxylic acid groups (broad SMARTS) is 1. The highest BCUT2D eigenvalue weighted by molar-refractivity contribution is 5.78. The summed E-state index contributed by atoms with van der Waals surface area (Å²) in [5.41, 5.74) is -0.302. The van der Waals surface area contributed by atoms with Crippen LogP contribution in [0.25, 0.3) is 0 Å². The zero-order valence-electron chi connectivity index (χ0n) is 13.5. The van der Waals surface area contributed by atoms with Gasteiger partial charge in [0.25, 0.3) is 0 Å². The van der Waals surface area contributed by atoms with Crippen LogP contribution in [0.4, 0.5) is 0 Å². The summed E-state index contributed by atoms with van der Waals surface area (Å²) in [6, 6.07) is 0. The number of hydrogen-bond donors (Lipinski definition) is 2. The summed E-state index contributed by atoms with van der Waals surface area (Å²) in [6.45, 7) is 7.83. The van der Waals surface area contributed by atoms with Gasteiger partial charge in [-0.2, -0.15) is 0 Å². The molecular weight excluding hydrogens is 268 g/mol. The maximum atomic E-state index is 12.1. The fourth-order valence-corrected chi connectivity index (χ4v) is 3.36. The lowest BCUT2D eigenvalue weighted by atomic mass is 9.79. The second-order valence-electron chi connectivity index (χ2n) is 6.24. The molecule has 21 heavy (non-hydrogen) atoms. The number of aliphatic carboxylic acids is 1. The number of carboxylic acids is 1. The molecular formula is C16H30N2O3. The first-order valence-corrected chi connectivity index (χ1v) is 8.22. The molecule has 1 saturated carbocycles. The van der Waals surface area contributed by atoms with Crippen molar-refractivity contribution < 1.29 is 14.7 Å². The third-order valence-electron chi connectivity index (χ3n) is 4.46. The first-order chi connectivity index (χ1) is 10.0. The molecule has 0 aromatic rings. The molecule has 1 amide bonds. The highest BCUT2D eigenvalue weighted by Gasteiger charge is 2.37. The van der Waals surface area contributed by atoms with Crippen LogP contribution in [0.1, 0.15) is 58.8 Å². The van der Waals surface area contributed by atoms with Gasteiger partial charge in [0.15, 0.2) is 0 Å². The lowest BCUT2D eigenvalue weighted by Crippen LogP contribution is -2.37. The Balaban J connectivity index is 2.35. The van der Waals surface area contributed by atoms with Crippen LogP contribution in [0.5, 0.6) is 0 Å². The van der Waals surface area contributed by atoms with Crippen LogP contribution in [0, 0.1) is 5.41 Å². The van der Waals surface area contributed by atoms with E-state index in [9.17, 15) is 9.59 Å². The number of amides is 1. The van der Waals surface area contributed by atoms with Gasteiger partial charge in [0.05, 0.1) is 6.42 Å². The average Bonchev–Trinajstić information content (AvgIpc) is 2.84. The van der Waals surface area contributed by atoms with Crippen molar-refractivity contribution in [3.8, 4) is 0 Å². The van der Waals surface area contributed by atoms with Crippen LogP contribution in [0.2, 0.25) is 0 Å². The number of rotatable bonds is 10. The molecule has 0 aromatic carbocycles. The smallest absolute Gasteiger partial charge is 0.303 e. The van der Waals surface area contributed by atoms with Gasteiger partial charge < -0.3 is 15.3 Å². The van der Waals surface area contributed by atoms with Crippen molar-refractivity contribution in [3.63, 3.8) is 0 Å². The van der Waals surface area contributed by atoms with Crippen LogP contribution < -0.4 is 5.32 Å². The Morgan fingerprint density at radius 1 is 1.14 bits per heavy atom. The Morgan fingerprint density at radius 2 is 1.81 bits per heavy atom. The van der Waals surface area contributed by atoms with Gasteiger partial charge in [-0.3, -0.25) is 9.59 Å². The van der Waals surface area contributed by atoms with E-state index in [-0.39, 0.29) is 17.7 Å². The van der Waals surface area contributed by atoms with Crippen molar-refractivity contribution >= 4 is 11.9 Å². The van der Waals surface area contributed by atoms with E-state index in [0.717, 1.165) is 51.7 Å². The van der Waals surface area contributed by atoms with Gasteiger partial charge in [-0.15, -0.1) is 0 Å². The number of nitrogens with one attached hydrogen (secondary N) is 1. The molecule has 2 N–H and O–H groups in total. The van der Waals surface area contributed by atoms with Crippen molar-refractivity contribution in [2.24, 2.45) is 5.41 Å². The third-order valence-corrected chi connectivity index (χ3v) is 4.46. The predicted octanol–water partition coefficient (Wildman–Crippen LogP) is 2.26. The van der Waals surface area contributed by atoms with E-state index in [0.29, 0.717) is 13.0 Å². The lowest BCUT2D eigenvalue weighted by molar-refractivity contribution is -0.140. The largest absolute Gasteiger partial charge is 0.481 e. The van der Waals surface area contributed by atoms with Gasteiger partial charge in [0.2, 0.25) is 5.91 Å². The molecule has 1 aliphatic carbocycles. The summed E-state index contributed by atoms with van der Waals surface area (Å²) in [4.78, 5) is 25.4. The fraction of sp³-hybridized carbons (Fsp3) is 0.875. The molecule has 0 spiro atoms. The SMILES string of the molecule is CCCN(CC)CCNC(=O)CC1(CC(=O)O)CCCC1. The van der Waals surface area contributed by atoms with Crippen molar-refractivity contribution in [1.29, 1.82) is 0 Å². The van der Waals surface area contributed by atoms with E-state index in [4.69, 9.17) is 5.11 Å². The molecule has 0 heterocycles. The zero-order chi connectivity index (χ0) is 15.7. The summed E-state index contributed by atoms with van der Waals surface area (Å²) in [6.07, 6.45) is 5.41. The summed E-state index contributed by atoms with van der Waals surface area (Å²) in [7, 11) is 0. The van der Waals surface area contributed by atoms with E-state index >= 15 is 0 Å². The molecule has 5 nitrogen and oxygen atoms in total. The number of likely N-dealkylation sites (N-methyl/N-ethyl adjacent to an activating group) is 1. The minimum Gasteiger partial charge on any atom is -0.481 e. The second kappa shape index (κ2) is 9.03. The lowest BCUT2D eigenvalue weighted by Gasteiger charge is -2.26. The van der Waals surface area contributed by atoms with Gasteiger partial charge in [-0.25, -0.2) is 0 Å². The minimum absolute atomic E-state index is 0.00528.